The van der Waals surface area contributed by atoms with E-state index in [1.54, 1.807) is 4.90 Å². The SMILES string of the molecule is CC1Cc2ccc(SN)cc2N1C=O.c1ccc(-c2ccc3c(c2)CCO3)nc1. The van der Waals surface area contributed by atoms with Crippen molar-refractivity contribution in [3.63, 3.8) is 0 Å². The van der Waals surface area contributed by atoms with Crippen LogP contribution in [0.5, 0.6) is 5.75 Å². The average Bonchev–Trinajstić information content (AvgIpc) is 3.36. The maximum atomic E-state index is 10.9. The highest BCUT2D eigenvalue weighted by molar-refractivity contribution is 7.97. The Hall–Kier alpha value is -2.83. The molecule has 1 unspecified atom stereocenters. The van der Waals surface area contributed by atoms with Crippen LogP contribution in [0.1, 0.15) is 18.1 Å². The number of fused-ring (bicyclic) bond motifs is 2. The fourth-order valence-electron chi connectivity index (χ4n) is 3.72. The van der Waals surface area contributed by atoms with Gasteiger partial charge in [0.05, 0.1) is 12.3 Å². The number of carbonyl (C=O) groups excluding carboxylic acids is 1. The number of hydrogen-bond acceptors (Lipinski definition) is 5. The molecule has 0 fully saturated rings. The summed E-state index contributed by atoms with van der Waals surface area (Å²) in [7, 11) is 0. The first-order valence-electron chi connectivity index (χ1n) is 9.60. The molecule has 1 amide bonds. The van der Waals surface area contributed by atoms with Crippen LogP contribution in [0, 0.1) is 0 Å². The maximum Gasteiger partial charge on any atom is 0.214 e. The van der Waals surface area contributed by atoms with Gasteiger partial charge >= 0.3 is 0 Å². The van der Waals surface area contributed by atoms with Gasteiger partial charge in [0.2, 0.25) is 6.41 Å². The number of rotatable bonds is 3. The largest absolute Gasteiger partial charge is 0.493 e. The summed E-state index contributed by atoms with van der Waals surface area (Å²) in [5.74, 6) is 1.02. The predicted octanol–water partition coefficient (Wildman–Crippen LogP) is 4.24. The number of amides is 1. The van der Waals surface area contributed by atoms with Crippen molar-refractivity contribution in [2.24, 2.45) is 5.14 Å². The zero-order valence-corrected chi connectivity index (χ0v) is 17.1. The van der Waals surface area contributed by atoms with Crippen LogP contribution in [-0.2, 0) is 17.6 Å². The Morgan fingerprint density at radius 1 is 1.17 bits per heavy atom. The van der Waals surface area contributed by atoms with E-state index in [-0.39, 0.29) is 6.04 Å². The number of nitrogens with two attached hydrogens (primary N) is 1. The summed E-state index contributed by atoms with van der Waals surface area (Å²) in [5.41, 5.74) is 5.70. The minimum atomic E-state index is 0.264. The van der Waals surface area contributed by atoms with Gasteiger partial charge in [-0.25, -0.2) is 0 Å². The Morgan fingerprint density at radius 3 is 2.83 bits per heavy atom. The lowest BCUT2D eigenvalue weighted by atomic mass is 10.1. The molecule has 0 aliphatic carbocycles. The van der Waals surface area contributed by atoms with Crippen LogP contribution in [0.4, 0.5) is 5.69 Å². The summed E-state index contributed by atoms with van der Waals surface area (Å²) in [6.07, 6.45) is 4.65. The van der Waals surface area contributed by atoms with Crippen molar-refractivity contribution >= 4 is 24.0 Å². The van der Waals surface area contributed by atoms with Gasteiger partial charge in [0.25, 0.3) is 0 Å². The molecule has 3 aromatic rings. The minimum Gasteiger partial charge on any atom is -0.493 e. The smallest absolute Gasteiger partial charge is 0.214 e. The number of nitrogens with zero attached hydrogens (tertiary/aromatic N) is 2. The fraction of sp³-hybridized carbons (Fsp3) is 0.217. The second-order valence-corrected chi connectivity index (χ2v) is 7.82. The van der Waals surface area contributed by atoms with Crippen LogP contribution in [0.2, 0.25) is 0 Å². The Morgan fingerprint density at radius 2 is 2.07 bits per heavy atom. The third-order valence-electron chi connectivity index (χ3n) is 5.22. The molecule has 0 saturated heterocycles. The lowest BCUT2D eigenvalue weighted by molar-refractivity contribution is -0.107. The van der Waals surface area contributed by atoms with Crippen molar-refractivity contribution < 1.29 is 9.53 Å². The van der Waals surface area contributed by atoms with E-state index in [1.165, 1.54) is 28.6 Å². The molecule has 0 spiro atoms. The third-order valence-corrected chi connectivity index (χ3v) is 5.75. The predicted molar refractivity (Wildman–Crippen MR) is 117 cm³/mol. The molecule has 1 aromatic heterocycles. The molecule has 1 atom stereocenters. The van der Waals surface area contributed by atoms with Gasteiger partial charge in [-0.2, -0.15) is 0 Å². The molecule has 0 radical (unpaired) electrons. The van der Waals surface area contributed by atoms with Crippen molar-refractivity contribution in [3.05, 3.63) is 71.9 Å². The highest BCUT2D eigenvalue weighted by Gasteiger charge is 2.25. The minimum absolute atomic E-state index is 0.264. The summed E-state index contributed by atoms with van der Waals surface area (Å²) in [6, 6.07) is 18.5. The summed E-state index contributed by atoms with van der Waals surface area (Å²) in [6.45, 7) is 2.85. The molecule has 6 heteroatoms. The van der Waals surface area contributed by atoms with E-state index in [2.05, 4.69) is 17.1 Å². The lowest BCUT2D eigenvalue weighted by Crippen LogP contribution is -2.27. The molecule has 0 saturated carbocycles. The quantitative estimate of drug-likeness (QED) is 0.521. The molecule has 29 heavy (non-hydrogen) atoms. The van der Waals surface area contributed by atoms with Crippen LogP contribution >= 0.6 is 11.9 Å². The zero-order valence-electron chi connectivity index (χ0n) is 16.2. The molecule has 148 valence electrons. The van der Waals surface area contributed by atoms with Gasteiger partial charge < -0.3 is 9.64 Å². The van der Waals surface area contributed by atoms with Crippen LogP contribution in [0.3, 0.4) is 0 Å². The van der Waals surface area contributed by atoms with Crippen molar-refractivity contribution in [2.45, 2.75) is 30.7 Å². The van der Waals surface area contributed by atoms with E-state index < -0.39 is 0 Å². The summed E-state index contributed by atoms with van der Waals surface area (Å²) in [4.78, 5) is 18.0. The first-order valence-corrected chi connectivity index (χ1v) is 10.5. The second kappa shape index (κ2) is 8.68. The topological polar surface area (TPSA) is 68.5 Å². The first-order chi connectivity index (χ1) is 14.2. The fourth-order valence-corrected chi connectivity index (χ4v) is 4.05. The summed E-state index contributed by atoms with van der Waals surface area (Å²) < 4.78 is 5.47. The Bertz CT molecular complexity index is 1010. The molecular weight excluding hydrogens is 382 g/mol. The van der Waals surface area contributed by atoms with Crippen molar-refractivity contribution in [1.29, 1.82) is 0 Å². The van der Waals surface area contributed by atoms with E-state index in [0.29, 0.717) is 0 Å². The highest BCUT2D eigenvalue weighted by Crippen LogP contribution is 2.33. The molecule has 5 nitrogen and oxygen atoms in total. The second-order valence-electron chi connectivity index (χ2n) is 7.11. The molecule has 0 bridgehead atoms. The monoisotopic (exact) mass is 405 g/mol. The normalized spacial score (nSPS) is 16.3. The van der Waals surface area contributed by atoms with Crippen LogP contribution in [0.25, 0.3) is 11.3 Å². The van der Waals surface area contributed by atoms with Gasteiger partial charge in [0.15, 0.2) is 0 Å². The third kappa shape index (κ3) is 4.13. The maximum absolute atomic E-state index is 10.9. The van der Waals surface area contributed by atoms with E-state index in [9.17, 15) is 4.79 Å². The van der Waals surface area contributed by atoms with E-state index in [0.717, 1.165) is 47.9 Å². The number of hydrogen-bond donors (Lipinski definition) is 1. The number of aromatic nitrogens is 1. The molecular formula is C23H23N3O2S. The Labute approximate surface area is 175 Å². The number of anilines is 1. The van der Waals surface area contributed by atoms with Gasteiger partial charge in [0.1, 0.15) is 5.75 Å². The highest BCUT2D eigenvalue weighted by atomic mass is 32.2. The van der Waals surface area contributed by atoms with Gasteiger partial charge in [-0.1, -0.05) is 12.1 Å². The van der Waals surface area contributed by atoms with E-state index in [4.69, 9.17) is 9.88 Å². The van der Waals surface area contributed by atoms with Crippen molar-refractivity contribution in [1.82, 2.24) is 4.98 Å². The van der Waals surface area contributed by atoms with Crippen LogP contribution in [-0.4, -0.2) is 24.0 Å². The zero-order chi connectivity index (χ0) is 20.2. The van der Waals surface area contributed by atoms with Crippen molar-refractivity contribution in [2.75, 3.05) is 11.5 Å². The van der Waals surface area contributed by atoms with Gasteiger partial charge in [-0.15, -0.1) is 0 Å². The standard InChI is InChI=1S/C13H11NO.C10H12N2OS/c1-2-7-14-12(3-1)10-4-5-13-11(9-10)6-8-15-13;1-7-4-8-2-3-9(14-11)5-10(8)12(7)6-13/h1-5,7,9H,6,8H2;2-3,5-7H,4,11H2,1H3. The van der Waals surface area contributed by atoms with Gasteiger partial charge in [-0.3, -0.25) is 14.9 Å². The summed E-state index contributed by atoms with van der Waals surface area (Å²) in [5, 5.41) is 5.48. The van der Waals surface area contributed by atoms with Crippen LogP contribution in [0.15, 0.2) is 65.7 Å². The average molecular weight is 406 g/mol. The van der Waals surface area contributed by atoms with Gasteiger partial charge in [-0.05, 0) is 78.9 Å². The number of benzene rings is 2. The molecule has 3 heterocycles. The summed E-state index contributed by atoms with van der Waals surface area (Å²) >= 11 is 1.21. The molecule has 2 aliphatic rings. The molecule has 2 aromatic carbocycles. The molecule has 2 N–H and O–H groups in total. The Balaban J connectivity index is 0.000000142. The van der Waals surface area contributed by atoms with E-state index in [1.807, 2.05) is 55.6 Å². The Kier molecular flexibility index (Phi) is 5.83. The molecule has 2 aliphatic heterocycles. The lowest BCUT2D eigenvalue weighted by Gasteiger charge is -2.16. The van der Waals surface area contributed by atoms with Crippen LogP contribution < -0.4 is 14.8 Å². The number of ether oxygens (including phenoxy) is 1. The first kappa shape index (κ1) is 19.5. The van der Waals surface area contributed by atoms with E-state index >= 15 is 0 Å². The number of pyridine rings is 1. The van der Waals surface area contributed by atoms with Crippen molar-refractivity contribution in [3.8, 4) is 17.0 Å². The number of carbonyl (C=O) groups is 1. The van der Waals surface area contributed by atoms with Gasteiger partial charge in [0, 0.05) is 34.8 Å². The molecule has 5 rings (SSSR count).